The number of hydrogen-bond acceptors (Lipinski definition) is 2. The fourth-order valence-electron chi connectivity index (χ4n) is 4.23. The second-order valence-corrected chi connectivity index (χ2v) is 5.77. The third-order valence-electron chi connectivity index (χ3n) is 5.12. The van der Waals surface area contributed by atoms with E-state index < -0.39 is 0 Å². The van der Waals surface area contributed by atoms with Crippen LogP contribution in [-0.4, -0.2) is 18.5 Å². The van der Waals surface area contributed by atoms with Crippen molar-refractivity contribution in [1.29, 1.82) is 0 Å². The number of unbranched alkanes of at least 4 members (excludes halogenated alkanes) is 2. The highest BCUT2D eigenvalue weighted by molar-refractivity contribution is 5.89. The van der Waals surface area contributed by atoms with Gasteiger partial charge >= 0.3 is 0 Å². The third-order valence-corrected chi connectivity index (χ3v) is 5.12. The van der Waals surface area contributed by atoms with Gasteiger partial charge in [-0.1, -0.05) is 33.1 Å². The van der Waals surface area contributed by atoms with Gasteiger partial charge < -0.3 is 4.74 Å². The van der Waals surface area contributed by atoms with Gasteiger partial charge in [0.15, 0.2) is 0 Å². The van der Waals surface area contributed by atoms with Crippen LogP contribution in [0.2, 0.25) is 0 Å². The average molecular weight is 238 g/mol. The molecule has 0 aromatic carbocycles. The van der Waals surface area contributed by atoms with E-state index in [9.17, 15) is 4.79 Å². The molecule has 0 bridgehead atoms. The van der Waals surface area contributed by atoms with Gasteiger partial charge in [0.2, 0.25) is 0 Å². The van der Waals surface area contributed by atoms with Crippen LogP contribution in [0.5, 0.6) is 0 Å². The molecule has 17 heavy (non-hydrogen) atoms. The van der Waals surface area contributed by atoms with Crippen molar-refractivity contribution in [3.05, 3.63) is 0 Å². The van der Waals surface area contributed by atoms with Gasteiger partial charge in [0.05, 0.1) is 6.10 Å². The lowest BCUT2D eigenvalue weighted by molar-refractivity contribution is -0.186. The van der Waals surface area contributed by atoms with E-state index in [-0.39, 0.29) is 5.41 Å². The molecule has 0 aliphatic heterocycles. The van der Waals surface area contributed by atoms with Gasteiger partial charge in [-0.25, -0.2) is 0 Å². The van der Waals surface area contributed by atoms with Crippen molar-refractivity contribution in [2.75, 3.05) is 6.61 Å². The number of Topliss-reactive ketones (excluding diaryl/α,β-unsaturated/α-hetero) is 1. The molecule has 2 fully saturated rings. The standard InChI is InChI=1S/C15H26O2/c1-4-6-7-10-15-11(3)14(17-5-2)12(15)8-9-13(15)16/h11-12,14H,4-10H2,1-3H3. The Morgan fingerprint density at radius 1 is 1.35 bits per heavy atom. The summed E-state index contributed by atoms with van der Waals surface area (Å²) in [6, 6.07) is 0. The van der Waals surface area contributed by atoms with E-state index in [1.807, 2.05) is 0 Å². The third kappa shape index (κ3) is 1.85. The Kier molecular flexibility index (Phi) is 3.92. The van der Waals surface area contributed by atoms with Crippen molar-refractivity contribution >= 4 is 5.78 Å². The molecule has 0 amide bonds. The summed E-state index contributed by atoms with van der Waals surface area (Å²) >= 11 is 0. The molecule has 0 N–H and O–H groups in total. The molecule has 98 valence electrons. The van der Waals surface area contributed by atoms with Gasteiger partial charge in [0.1, 0.15) is 5.78 Å². The van der Waals surface area contributed by atoms with Crippen LogP contribution < -0.4 is 0 Å². The summed E-state index contributed by atoms with van der Waals surface area (Å²) in [6.07, 6.45) is 7.03. The summed E-state index contributed by atoms with van der Waals surface area (Å²) in [4.78, 5) is 12.3. The molecule has 0 radical (unpaired) electrons. The Morgan fingerprint density at radius 2 is 2.12 bits per heavy atom. The van der Waals surface area contributed by atoms with Crippen LogP contribution in [0.1, 0.15) is 59.3 Å². The first-order valence-corrected chi connectivity index (χ1v) is 7.33. The molecule has 2 saturated carbocycles. The molecule has 4 unspecified atom stereocenters. The Bertz CT molecular complexity index is 287. The maximum atomic E-state index is 12.3. The molecule has 0 aromatic rings. The molecule has 2 aliphatic rings. The smallest absolute Gasteiger partial charge is 0.139 e. The highest BCUT2D eigenvalue weighted by atomic mass is 16.5. The van der Waals surface area contributed by atoms with E-state index in [4.69, 9.17) is 4.74 Å². The summed E-state index contributed by atoms with van der Waals surface area (Å²) in [7, 11) is 0. The number of ketones is 1. The second kappa shape index (κ2) is 5.09. The molecule has 2 rings (SSSR count). The Hall–Kier alpha value is -0.370. The van der Waals surface area contributed by atoms with E-state index in [0.717, 1.165) is 25.9 Å². The van der Waals surface area contributed by atoms with Crippen molar-refractivity contribution < 1.29 is 9.53 Å². The van der Waals surface area contributed by atoms with Crippen LogP contribution >= 0.6 is 0 Å². The molecule has 2 nitrogen and oxygen atoms in total. The van der Waals surface area contributed by atoms with Crippen LogP contribution in [0.15, 0.2) is 0 Å². The maximum Gasteiger partial charge on any atom is 0.139 e. The fourth-order valence-corrected chi connectivity index (χ4v) is 4.23. The minimum atomic E-state index is 0.00894. The number of fused-ring (bicyclic) bond motifs is 1. The van der Waals surface area contributed by atoms with Crippen molar-refractivity contribution in [2.24, 2.45) is 17.3 Å². The first-order valence-electron chi connectivity index (χ1n) is 7.33. The summed E-state index contributed by atoms with van der Waals surface area (Å²) in [6.45, 7) is 7.29. The average Bonchev–Trinajstić information content (AvgIpc) is 2.61. The zero-order valence-corrected chi connectivity index (χ0v) is 11.5. The number of hydrogen-bond donors (Lipinski definition) is 0. The SMILES string of the molecule is CCCCCC12C(=O)CCC1C(OCC)C2C. The molecule has 0 aromatic heterocycles. The summed E-state index contributed by atoms with van der Waals surface area (Å²) in [5, 5.41) is 0. The van der Waals surface area contributed by atoms with Crippen LogP contribution in [0.25, 0.3) is 0 Å². The van der Waals surface area contributed by atoms with Crippen LogP contribution in [0.3, 0.4) is 0 Å². The summed E-state index contributed by atoms with van der Waals surface area (Å²) in [5.41, 5.74) is 0.00894. The van der Waals surface area contributed by atoms with E-state index in [2.05, 4.69) is 20.8 Å². The molecular formula is C15H26O2. The van der Waals surface area contributed by atoms with Gasteiger partial charge in [-0.05, 0) is 31.6 Å². The zero-order chi connectivity index (χ0) is 12.5. The van der Waals surface area contributed by atoms with Gasteiger partial charge in [-0.15, -0.1) is 0 Å². The molecule has 0 heterocycles. The first-order chi connectivity index (χ1) is 8.18. The first kappa shape index (κ1) is 13.1. The van der Waals surface area contributed by atoms with Gasteiger partial charge in [0, 0.05) is 18.4 Å². The molecular weight excluding hydrogens is 212 g/mol. The normalized spacial score (nSPS) is 40.2. The molecule has 2 aliphatic carbocycles. The fraction of sp³-hybridized carbons (Fsp3) is 0.933. The number of rotatable bonds is 6. The molecule has 4 atom stereocenters. The second-order valence-electron chi connectivity index (χ2n) is 5.77. The Morgan fingerprint density at radius 3 is 2.76 bits per heavy atom. The monoisotopic (exact) mass is 238 g/mol. The Labute approximate surface area is 105 Å². The van der Waals surface area contributed by atoms with Crippen LogP contribution in [0, 0.1) is 17.3 Å². The van der Waals surface area contributed by atoms with Crippen LogP contribution in [0.4, 0.5) is 0 Å². The quantitative estimate of drug-likeness (QED) is 0.661. The predicted molar refractivity (Wildman–Crippen MR) is 68.9 cm³/mol. The number of carbonyl (C=O) groups excluding carboxylic acids is 1. The Balaban J connectivity index is 2.04. The summed E-state index contributed by atoms with van der Waals surface area (Å²) < 4.78 is 5.83. The molecule has 0 spiro atoms. The lowest BCUT2D eigenvalue weighted by Crippen LogP contribution is -2.60. The summed E-state index contributed by atoms with van der Waals surface area (Å²) in [5.74, 6) is 1.50. The molecule has 0 saturated heterocycles. The lowest BCUT2D eigenvalue weighted by Gasteiger charge is -2.56. The van der Waals surface area contributed by atoms with Crippen molar-refractivity contribution in [1.82, 2.24) is 0 Å². The van der Waals surface area contributed by atoms with Gasteiger partial charge in [-0.3, -0.25) is 4.79 Å². The highest BCUT2D eigenvalue weighted by Crippen LogP contribution is 2.62. The van der Waals surface area contributed by atoms with Crippen molar-refractivity contribution in [3.8, 4) is 0 Å². The minimum absolute atomic E-state index is 0.00894. The zero-order valence-electron chi connectivity index (χ0n) is 11.5. The van der Waals surface area contributed by atoms with Crippen molar-refractivity contribution in [2.45, 2.75) is 65.4 Å². The van der Waals surface area contributed by atoms with Crippen LogP contribution in [-0.2, 0) is 9.53 Å². The van der Waals surface area contributed by atoms with Gasteiger partial charge in [-0.2, -0.15) is 0 Å². The highest BCUT2D eigenvalue weighted by Gasteiger charge is 2.66. The maximum absolute atomic E-state index is 12.3. The van der Waals surface area contributed by atoms with Gasteiger partial charge in [0.25, 0.3) is 0 Å². The van der Waals surface area contributed by atoms with E-state index in [0.29, 0.717) is 23.7 Å². The minimum Gasteiger partial charge on any atom is -0.378 e. The van der Waals surface area contributed by atoms with E-state index in [1.165, 1.54) is 19.3 Å². The number of carbonyl (C=O) groups is 1. The largest absolute Gasteiger partial charge is 0.378 e. The van der Waals surface area contributed by atoms with E-state index >= 15 is 0 Å². The topological polar surface area (TPSA) is 26.3 Å². The predicted octanol–water partition coefficient (Wildman–Crippen LogP) is 3.59. The number of ether oxygens (including phenoxy) is 1. The molecule has 2 heteroatoms. The lowest BCUT2D eigenvalue weighted by atomic mass is 9.50. The van der Waals surface area contributed by atoms with Crippen molar-refractivity contribution in [3.63, 3.8) is 0 Å². The van der Waals surface area contributed by atoms with E-state index in [1.54, 1.807) is 0 Å².